The summed E-state index contributed by atoms with van der Waals surface area (Å²) in [5, 5.41) is 16.2. The maximum Gasteiger partial charge on any atom is 0.147 e. The molecule has 0 radical (unpaired) electrons. The van der Waals surface area contributed by atoms with Crippen LogP contribution >= 0.6 is 0 Å². The monoisotopic (exact) mass is 561 g/mol. The topological polar surface area (TPSA) is 50.1 Å². The highest BCUT2D eigenvalue weighted by atomic mass is 16.3. The van der Waals surface area contributed by atoms with Gasteiger partial charge in [-0.25, -0.2) is 0 Å². The lowest BCUT2D eigenvalue weighted by Crippen LogP contribution is -1.88. The largest absolute Gasteiger partial charge is 0.455 e. The minimum absolute atomic E-state index is 0.673. The lowest BCUT2D eigenvalue weighted by molar-refractivity contribution is 0.658. The zero-order chi connectivity index (χ0) is 29.2. The second kappa shape index (κ2) is 9.46. The van der Waals surface area contributed by atoms with Crippen molar-refractivity contribution in [1.82, 2.24) is 0 Å². The van der Waals surface area contributed by atoms with E-state index in [0.717, 1.165) is 88.0 Å². The van der Waals surface area contributed by atoms with Crippen molar-refractivity contribution in [3.63, 3.8) is 0 Å². The summed E-state index contributed by atoms with van der Waals surface area (Å²) >= 11 is 0. The Morgan fingerprint density at radius 1 is 0.409 bits per heavy atom. The van der Waals surface area contributed by atoms with E-state index in [-0.39, 0.29) is 0 Å². The van der Waals surface area contributed by atoms with Crippen LogP contribution in [0, 0.1) is 11.3 Å². The Labute approximate surface area is 252 Å². The fourth-order valence-electron chi connectivity index (χ4n) is 6.71. The van der Waals surface area contributed by atoms with Gasteiger partial charge in [0, 0.05) is 21.5 Å². The fourth-order valence-corrected chi connectivity index (χ4v) is 6.71. The van der Waals surface area contributed by atoms with Gasteiger partial charge in [-0.2, -0.15) is 5.26 Å². The van der Waals surface area contributed by atoms with Crippen LogP contribution in [0.4, 0.5) is 0 Å². The summed E-state index contributed by atoms with van der Waals surface area (Å²) in [5.41, 5.74) is 10.3. The van der Waals surface area contributed by atoms with Gasteiger partial charge in [0.1, 0.15) is 22.3 Å². The molecule has 2 aromatic heterocycles. The molecule has 0 aliphatic rings. The Morgan fingerprint density at radius 3 is 1.50 bits per heavy atom. The van der Waals surface area contributed by atoms with Gasteiger partial charge in [-0.15, -0.1) is 0 Å². The van der Waals surface area contributed by atoms with Crippen LogP contribution in [0.5, 0.6) is 0 Å². The highest BCUT2D eigenvalue weighted by Gasteiger charge is 2.22. The van der Waals surface area contributed by atoms with Gasteiger partial charge in [0.2, 0.25) is 0 Å². The Morgan fingerprint density at radius 2 is 0.886 bits per heavy atom. The minimum atomic E-state index is 0.673. The molecule has 0 aliphatic heterocycles. The zero-order valence-electron chi connectivity index (χ0n) is 23.5. The molecule has 9 rings (SSSR count). The molecule has 2 heterocycles. The van der Waals surface area contributed by atoms with E-state index in [9.17, 15) is 5.26 Å². The smallest absolute Gasteiger partial charge is 0.147 e. The number of furan rings is 2. The van der Waals surface area contributed by atoms with Crippen molar-refractivity contribution in [2.24, 2.45) is 0 Å². The normalized spacial score (nSPS) is 11.6. The van der Waals surface area contributed by atoms with Gasteiger partial charge in [-0.05, 0) is 62.9 Å². The molecule has 0 atom stereocenters. The number of benzene rings is 7. The Bertz CT molecular complexity index is 2520. The maximum atomic E-state index is 9.60. The third-order valence-electron chi connectivity index (χ3n) is 8.76. The van der Waals surface area contributed by atoms with Crippen LogP contribution in [0.15, 0.2) is 148 Å². The van der Waals surface area contributed by atoms with Crippen LogP contribution < -0.4 is 0 Å². The van der Waals surface area contributed by atoms with E-state index in [1.807, 2.05) is 48.5 Å². The molecule has 0 N–H and O–H groups in total. The standard InChI is InChI=1S/C41H23NO2/c42-24-27-9-1-2-10-28(27)25-17-19-26(20-18-25)29-21-22-34(31-12-4-3-11-30(29)31)39-40-35(32-13-5-7-15-37(32)43-40)23-36-33-14-6-8-16-38(33)44-41(36)39/h1-23H. The molecule has 0 fully saturated rings. The Hall–Kier alpha value is -6.11. The molecule has 3 nitrogen and oxygen atoms in total. The summed E-state index contributed by atoms with van der Waals surface area (Å²) in [6, 6.07) is 50.1. The van der Waals surface area contributed by atoms with Crippen LogP contribution in [0.2, 0.25) is 0 Å². The number of nitriles is 1. The molecule has 204 valence electrons. The summed E-state index contributed by atoms with van der Waals surface area (Å²) in [5.74, 6) is 0. The first-order chi connectivity index (χ1) is 21.8. The van der Waals surface area contributed by atoms with Crippen molar-refractivity contribution >= 4 is 54.6 Å². The lowest BCUT2D eigenvalue weighted by atomic mass is 9.90. The highest BCUT2D eigenvalue weighted by molar-refractivity contribution is 6.24. The first-order valence-electron chi connectivity index (χ1n) is 14.7. The minimum Gasteiger partial charge on any atom is -0.455 e. The molecule has 0 unspecified atom stereocenters. The van der Waals surface area contributed by atoms with Gasteiger partial charge in [0.05, 0.1) is 17.2 Å². The van der Waals surface area contributed by atoms with Gasteiger partial charge in [-0.1, -0.05) is 115 Å². The summed E-state index contributed by atoms with van der Waals surface area (Å²) in [4.78, 5) is 0. The first kappa shape index (κ1) is 24.5. The molecule has 0 bridgehead atoms. The molecule has 9 aromatic rings. The van der Waals surface area contributed by atoms with Crippen molar-refractivity contribution in [3.8, 4) is 39.4 Å². The molecular formula is C41H23NO2. The predicted octanol–water partition coefficient (Wildman–Crippen LogP) is 11.5. The van der Waals surface area contributed by atoms with E-state index < -0.39 is 0 Å². The molecule has 3 heteroatoms. The van der Waals surface area contributed by atoms with Gasteiger partial charge in [0.25, 0.3) is 0 Å². The van der Waals surface area contributed by atoms with Gasteiger partial charge in [0.15, 0.2) is 0 Å². The molecule has 0 saturated carbocycles. The average molecular weight is 562 g/mol. The van der Waals surface area contributed by atoms with Crippen LogP contribution in [0.1, 0.15) is 5.56 Å². The van der Waals surface area contributed by atoms with E-state index in [0.29, 0.717) is 5.56 Å². The van der Waals surface area contributed by atoms with Crippen molar-refractivity contribution in [1.29, 1.82) is 5.26 Å². The quantitative estimate of drug-likeness (QED) is 0.216. The number of rotatable bonds is 3. The summed E-state index contributed by atoms with van der Waals surface area (Å²) in [6.07, 6.45) is 0. The third-order valence-corrected chi connectivity index (χ3v) is 8.76. The summed E-state index contributed by atoms with van der Waals surface area (Å²) in [6.45, 7) is 0. The predicted molar refractivity (Wildman–Crippen MR) is 180 cm³/mol. The van der Waals surface area contributed by atoms with Gasteiger partial charge < -0.3 is 8.83 Å². The SMILES string of the molecule is N#Cc1ccccc1-c1ccc(-c2ccc(-c3c4oc5ccccc5c4cc4c3oc3ccccc34)c3ccccc23)cc1. The van der Waals surface area contributed by atoms with Crippen LogP contribution in [-0.2, 0) is 0 Å². The summed E-state index contributed by atoms with van der Waals surface area (Å²) < 4.78 is 13.2. The first-order valence-corrected chi connectivity index (χ1v) is 14.7. The average Bonchev–Trinajstić information content (AvgIpc) is 3.65. The number of para-hydroxylation sites is 2. The molecule has 0 amide bonds. The molecule has 0 saturated heterocycles. The second-order valence-corrected chi connectivity index (χ2v) is 11.1. The number of nitrogens with zero attached hydrogens (tertiary/aromatic N) is 1. The molecule has 0 aliphatic carbocycles. The van der Waals surface area contributed by atoms with E-state index in [1.54, 1.807) is 0 Å². The Balaban J connectivity index is 1.30. The fraction of sp³-hybridized carbons (Fsp3) is 0. The molecule has 7 aromatic carbocycles. The molecule has 44 heavy (non-hydrogen) atoms. The maximum absolute atomic E-state index is 9.60. The summed E-state index contributed by atoms with van der Waals surface area (Å²) in [7, 11) is 0. The van der Waals surface area contributed by atoms with E-state index >= 15 is 0 Å². The van der Waals surface area contributed by atoms with Crippen molar-refractivity contribution in [2.75, 3.05) is 0 Å². The number of hydrogen-bond acceptors (Lipinski definition) is 3. The van der Waals surface area contributed by atoms with Crippen LogP contribution in [0.3, 0.4) is 0 Å². The molecular weight excluding hydrogens is 538 g/mol. The van der Waals surface area contributed by atoms with Crippen molar-refractivity contribution in [3.05, 3.63) is 145 Å². The second-order valence-electron chi connectivity index (χ2n) is 11.1. The van der Waals surface area contributed by atoms with Crippen molar-refractivity contribution < 1.29 is 8.83 Å². The van der Waals surface area contributed by atoms with E-state index in [4.69, 9.17) is 8.83 Å². The highest BCUT2D eigenvalue weighted by Crippen LogP contribution is 2.47. The third kappa shape index (κ3) is 3.55. The van der Waals surface area contributed by atoms with Gasteiger partial charge in [-0.3, -0.25) is 0 Å². The van der Waals surface area contributed by atoms with Crippen molar-refractivity contribution in [2.45, 2.75) is 0 Å². The Kier molecular flexibility index (Phi) is 5.26. The number of hydrogen-bond donors (Lipinski definition) is 0. The van der Waals surface area contributed by atoms with Crippen LogP contribution in [-0.4, -0.2) is 0 Å². The van der Waals surface area contributed by atoms with Crippen LogP contribution in [0.25, 0.3) is 88.0 Å². The zero-order valence-corrected chi connectivity index (χ0v) is 23.5. The number of fused-ring (bicyclic) bond motifs is 7. The molecule has 0 spiro atoms. The van der Waals surface area contributed by atoms with E-state index in [2.05, 4.69) is 97.1 Å². The van der Waals surface area contributed by atoms with E-state index in [1.165, 1.54) is 0 Å². The lowest BCUT2D eigenvalue weighted by Gasteiger charge is -2.13. The van der Waals surface area contributed by atoms with Gasteiger partial charge >= 0.3 is 0 Å².